The van der Waals surface area contributed by atoms with Gasteiger partial charge < -0.3 is 59.1 Å². The van der Waals surface area contributed by atoms with E-state index in [1.165, 1.54) is 26.4 Å². The molecule has 1 saturated heterocycles. The molecule has 2 heterocycles. The molecule has 13 nitrogen and oxygen atoms in total. The Balaban J connectivity index is 1.96. The molecule has 4 rings (SSSR count). The number of aliphatic hydroxyl groups is 4. The fourth-order valence-electron chi connectivity index (χ4n) is 3.87. The molecule has 0 aliphatic carbocycles. The van der Waals surface area contributed by atoms with Crippen molar-refractivity contribution in [3.05, 3.63) is 34.5 Å². The summed E-state index contributed by atoms with van der Waals surface area (Å²) >= 11 is 0. The molecule has 0 amide bonds. The highest BCUT2D eigenvalue weighted by molar-refractivity contribution is 5.88. The number of fused-ring (bicyclic) bond motifs is 1. The Morgan fingerprint density at radius 1 is 0.917 bits per heavy atom. The van der Waals surface area contributed by atoms with Crippen molar-refractivity contribution in [3.63, 3.8) is 0 Å². The van der Waals surface area contributed by atoms with Crippen molar-refractivity contribution in [1.82, 2.24) is 0 Å². The SMILES string of the molecule is COc1cc(-c2oc3cc(O)cc(O)c3c(=O)c2O[C@@H]2O[C@H](CO)[C@H](O)[C@H](O)[C@H]2O)cc(OC)c1O. The van der Waals surface area contributed by atoms with Crippen LogP contribution in [0.15, 0.2) is 33.5 Å². The Labute approximate surface area is 202 Å². The van der Waals surface area contributed by atoms with Gasteiger partial charge in [0.1, 0.15) is 46.9 Å². The number of aliphatic hydroxyl groups excluding tert-OH is 4. The molecule has 1 aromatic heterocycles. The monoisotopic (exact) mass is 508 g/mol. The quantitative estimate of drug-likeness (QED) is 0.230. The Morgan fingerprint density at radius 3 is 2.14 bits per heavy atom. The van der Waals surface area contributed by atoms with Crippen LogP contribution in [0.2, 0.25) is 0 Å². The van der Waals surface area contributed by atoms with Gasteiger partial charge in [0.2, 0.25) is 23.2 Å². The lowest BCUT2D eigenvalue weighted by Crippen LogP contribution is -2.60. The van der Waals surface area contributed by atoms with E-state index >= 15 is 0 Å². The maximum absolute atomic E-state index is 13.5. The van der Waals surface area contributed by atoms with Gasteiger partial charge in [-0.15, -0.1) is 0 Å². The second-order valence-corrected chi connectivity index (χ2v) is 7.97. The molecule has 1 aliphatic rings. The Bertz CT molecular complexity index is 1310. The van der Waals surface area contributed by atoms with Gasteiger partial charge in [-0.3, -0.25) is 4.79 Å². The maximum atomic E-state index is 13.5. The number of ether oxygens (including phenoxy) is 4. The van der Waals surface area contributed by atoms with Crippen LogP contribution in [0.5, 0.6) is 34.5 Å². The lowest BCUT2D eigenvalue weighted by molar-refractivity contribution is -0.277. The van der Waals surface area contributed by atoms with Crippen LogP contribution in [0, 0.1) is 0 Å². The molecule has 5 atom stereocenters. The zero-order valence-corrected chi connectivity index (χ0v) is 19.0. The van der Waals surface area contributed by atoms with Crippen LogP contribution in [0.4, 0.5) is 0 Å². The Hall–Kier alpha value is -3.75. The van der Waals surface area contributed by atoms with Gasteiger partial charge in [0.25, 0.3) is 0 Å². The summed E-state index contributed by atoms with van der Waals surface area (Å²) in [6.45, 7) is -0.740. The first-order valence-corrected chi connectivity index (χ1v) is 10.6. The standard InChI is InChI=1S/C23H24O13/c1-32-12-3-8(4-13(33-2)16(12)27)21-22(18(29)15-10(26)5-9(25)6-11(15)34-21)36-23-20(31)19(30)17(28)14(7-24)35-23/h3-6,14,17,19-20,23-28,30-31H,7H2,1-2H3/t14-,17+,19+,20-,23+/m1/s1. The third-order valence-corrected chi connectivity index (χ3v) is 5.74. The molecule has 2 aromatic carbocycles. The van der Waals surface area contributed by atoms with Gasteiger partial charge >= 0.3 is 0 Å². The van der Waals surface area contributed by atoms with E-state index in [2.05, 4.69) is 0 Å². The number of methoxy groups -OCH3 is 2. The summed E-state index contributed by atoms with van der Waals surface area (Å²) in [7, 11) is 2.55. The van der Waals surface area contributed by atoms with Gasteiger partial charge in [0, 0.05) is 17.7 Å². The highest BCUT2D eigenvalue weighted by Gasteiger charge is 2.45. The number of phenolic OH excluding ortho intramolecular Hbond substituents is 3. The molecule has 1 fully saturated rings. The summed E-state index contributed by atoms with van der Waals surface area (Å²) in [6.07, 6.45) is -8.42. The van der Waals surface area contributed by atoms with E-state index in [4.69, 9.17) is 23.4 Å². The van der Waals surface area contributed by atoms with Crippen LogP contribution in [0.25, 0.3) is 22.3 Å². The topological polar surface area (TPSA) is 209 Å². The molecule has 0 spiro atoms. The van der Waals surface area contributed by atoms with Crippen LogP contribution in [-0.2, 0) is 4.74 Å². The minimum Gasteiger partial charge on any atom is -0.508 e. The van der Waals surface area contributed by atoms with Crippen molar-refractivity contribution in [2.24, 2.45) is 0 Å². The van der Waals surface area contributed by atoms with Crippen LogP contribution in [0.1, 0.15) is 0 Å². The van der Waals surface area contributed by atoms with Crippen LogP contribution in [0.3, 0.4) is 0 Å². The lowest BCUT2D eigenvalue weighted by atomic mass is 9.99. The zero-order chi connectivity index (χ0) is 26.3. The molecule has 194 valence electrons. The minimum absolute atomic E-state index is 0.0651. The van der Waals surface area contributed by atoms with E-state index in [0.717, 1.165) is 12.1 Å². The summed E-state index contributed by atoms with van der Waals surface area (Å²) in [5.41, 5.74) is -1.12. The zero-order valence-electron chi connectivity index (χ0n) is 19.0. The first-order valence-electron chi connectivity index (χ1n) is 10.6. The third kappa shape index (κ3) is 4.23. The molecule has 1 aliphatic heterocycles. The van der Waals surface area contributed by atoms with Crippen LogP contribution < -0.4 is 19.6 Å². The highest BCUT2D eigenvalue weighted by Crippen LogP contribution is 2.43. The summed E-state index contributed by atoms with van der Waals surface area (Å²) < 4.78 is 27.1. The third-order valence-electron chi connectivity index (χ3n) is 5.74. The summed E-state index contributed by atoms with van der Waals surface area (Å²) in [5, 5.41) is 70.1. The summed E-state index contributed by atoms with van der Waals surface area (Å²) in [5.74, 6) is -2.44. The van der Waals surface area contributed by atoms with Crippen molar-refractivity contribution in [3.8, 4) is 45.8 Å². The van der Waals surface area contributed by atoms with E-state index in [0.29, 0.717) is 0 Å². The first-order chi connectivity index (χ1) is 17.1. The number of phenols is 3. The Kier molecular flexibility index (Phi) is 6.84. The van der Waals surface area contributed by atoms with Gasteiger partial charge in [-0.05, 0) is 12.1 Å². The number of benzene rings is 2. The van der Waals surface area contributed by atoms with Gasteiger partial charge in [-0.25, -0.2) is 0 Å². The fourth-order valence-corrected chi connectivity index (χ4v) is 3.87. The van der Waals surface area contributed by atoms with E-state index < -0.39 is 60.0 Å². The van der Waals surface area contributed by atoms with E-state index in [9.17, 15) is 40.5 Å². The van der Waals surface area contributed by atoms with E-state index in [1.807, 2.05) is 0 Å². The molecule has 0 radical (unpaired) electrons. The normalized spacial score (nSPS) is 24.0. The van der Waals surface area contributed by atoms with Gasteiger partial charge in [0.05, 0.1) is 20.8 Å². The predicted molar refractivity (Wildman–Crippen MR) is 120 cm³/mol. The number of hydrogen-bond acceptors (Lipinski definition) is 13. The van der Waals surface area contributed by atoms with Crippen molar-refractivity contribution in [1.29, 1.82) is 0 Å². The smallest absolute Gasteiger partial charge is 0.239 e. The Morgan fingerprint density at radius 2 is 1.56 bits per heavy atom. The second kappa shape index (κ2) is 9.72. The van der Waals surface area contributed by atoms with Gasteiger partial charge in [-0.1, -0.05) is 0 Å². The largest absolute Gasteiger partial charge is 0.508 e. The maximum Gasteiger partial charge on any atom is 0.239 e. The van der Waals surface area contributed by atoms with Crippen molar-refractivity contribution >= 4 is 11.0 Å². The predicted octanol–water partition coefficient (Wildman–Crippen LogP) is -0.227. The molecular formula is C23H24O13. The van der Waals surface area contributed by atoms with Crippen LogP contribution >= 0.6 is 0 Å². The molecule has 0 unspecified atom stereocenters. The average molecular weight is 508 g/mol. The number of rotatable bonds is 6. The average Bonchev–Trinajstić information content (AvgIpc) is 2.85. The van der Waals surface area contributed by atoms with Crippen LogP contribution in [-0.4, -0.2) is 87.3 Å². The van der Waals surface area contributed by atoms with Gasteiger partial charge in [0.15, 0.2) is 17.3 Å². The molecule has 13 heteroatoms. The van der Waals surface area contributed by atoms with Crippen molar-refractivity contribution < 1.29 is 59.1 Å². The van der Waals surface area contributed by atoms with Crippen molar-refractivity contribution in [2.75, 3.05) is 20.8 Å². The fraction of sp³-hybridized carbons (Fsp3) is 0.348. The molecule has 3 aromatic rings. The number of aromatic hydroxyl groups is 3. The minimum atomic E-state index is -1.86. The number of hydrogen-bond donors (Lipinski definition) is 7. The molecule has 36 heavy (non-hydrogen) atoms. The van der Waals surface area contributed by atoms with E-state index in [-0.39, 0.29) is 39.5 Å². The first kappa shape index (κ1) is 25.3. The molecule has 0 bridgehead atoms. The molecule has 0 saturated carbocycles. The second-order valence-electron chi connectivity index (χ2n) is 7.97. The highest BCUT2D eigenvalue weighted by atomic mass is 16.7. The molecular weight excluding hydrogens is 484 g/mol. The van der Waals surface area contributed by atoms with Crippen molar-refractivity contribution in [2.45, 2.75) is 30.7 Å². The summed E-state index contributed by atoms with van der Waals surface area (Å²) in [4.78, 5) is 13.5. The summed E-state index contributed by atoms with van der Waals surface area (Å²) in [6, 6.07) is 4.55. The lowest BCUT2D eigenvalue weighted by Gasteiger charge is -2.39. The molecule has 7 N–H and O–H groups in total. The van der Waals surface area contributed by atoms with E-state index in [1.54, 1.807) is 0 Å². The van der Waals surface area contributed by atoms with Gasteiger partial charge in [-0.2, -0.15) is 0 Å².